The van der Waals surface area contributed by atoms with Gasteiger partial charge >= 0.3 is 0 Å². The Balaban J connectivity index is 1.73. The smallest absolute Gasteiger partial charge is 0.185 e. The Morgan fingerprint density at radius 3 is 2.00 bits per heavy atom. The van der Waals surface area contributed by atoms with Gasteiger partial charge in [-0.25, -0.2) is 4.39 Å². The Bertz CT molecular complexity index is 816. The van der Waals surface area contributed by atoms with Crippen molar-refractivity contribution in [1.82, 2.24) is 0 Å². The van der Waals surface area contributed by atoms with Crippen molar-refractivity contribution < 1.29 is 9.18 Å². The van der Waals surface area contributed by atoms with Crippen LogP contribution in [0.25, 0.3) is 17.2 Å². The first kappa shape index (κ1) is 14.9. The van der Waals surface area contributed by atoms with E-state index in [9.17, 15) is 9.18 Å². The Labute approximate surface area is 134 Å². The maximum absolute atomic E-state index is 12.8. The number of ketones is 1. The maximum atomic E-state index is 12.8. The van der Waals surface area contributed by atoms with Crippen LogP contribution in [0.4, 0.5) is 4.39 Å². The van der Waals surface area contributed by atoms with E-state index >= 15 is 0 Å². The molecule has 0 N–H and O–H groups in total. The van der Waals surface area contributed by atoms with Gasteiger partial charge in [0.05, 0.1) is 0 Å². The van der Waals surface area contributed by atoms with E-state index in [0.29, 0.717) is 5.56 Å². The molecule has 3 aromatic carbocycles. The summed E-state index contributed by atoms with van der Waals surface area (Å²) in [6, 6.07) is 23.7. The first-order chi connectivity index (χ1) is 11.2. The standard InChI is InChI=1S/C21H15FO/c22-20-13-11-19(12-14-20)21(23)15-8-16-6-9-18(10-7-16)17-4-2-1-3-5-17/h1-15H. The first-order valence-corrected chi connectivity index (χ1v) is 7.36. The molecule has 0 heterocycles. The molecule has 0 saturated heterocycles. The van der Waals surface area contributed by atoms with Gasteiger partial charge in [0.1, 0.15) is 5.82 Å². The SMILES string of the molecule is O=C(C=Cc1ccc(-c2ccccc2)cc1)c1ccc(F)cc1. The highest BCUT2D eigenvalue weighted by molar-refractivity contribution is 6.06. The van der Waals surface area contributed by atoms with Gasteiger partial charge in [0.2, 0.25) is 0 Å². The van der Waals surface area contributed by atoms with Gasteiger partial charge in [-0.05, 0) is 47.0 Å². The van der Waals surface area contributed by atoms with Gasteiger partial charge < -0.3 is 0 Å². The lowest BCUT2D eigenvalue weighted by Gasteiger charge is -2.01. The van der Waals surface area contributed by atoms with Crippen LogP contribution in [-0.4, -0.2) is 5.78 Å². The molecule has 3 aromatic rings. The maximum Gasteiger partial charge on any atom is 0.185 e. The molecule has 1 nitrogen and oxygen atoms in total. The lowest BCUT2D eigenvalue weighted by molar-refractivity contribution is 0.104. The first-order valence-electron chi connectivity index (χ1n) is 7.36. The molecule has 0 aliphatic rings. The molecule has 0 aliphatic heterocycles. The number of hydrogen-bond donors (Lipinski definition) is 0. The van der Waals surface area contributed by atoms with Crippen LogP contribution < -0.4 is 0 Å². The van der Waals surface area contributed by atoms with E-state index < -0.39 is 0 Å². The lowest BCUT2D eigenvalue weighted by Crippen LogP contribution is -1.93. The lowest BCUT2D eigenvalue weighted by atomic mass is 10.0. The van der Waals surface area contributed by atoms with Gasteiger partial charge in [-0.15, -0.1) is 0 Å². The van der Waals surface area contributed by atoms with Crippen molar-refractivity contribution in [3.8, 4) is 11.1 Å². The summed E-state index contributed by atoms with van der Waals surface area (Å²) in [5, 5.41) is 0. The summed E-state index contributed by atoms with van der Waals surface area (Å²) < 4.78 is 12.8. The van der Waals surface area contributed by atoms with Crippen molar-refractivity contribution in [3.63, 3.8) is 0 Å². The Morgan fingerprint density at radius 2 is 1.35 bits per heavy atom. The summed E-state index contributed by atoms with van der Waals surface area (Å²) in [5.74, 6) is -0.487. The largest absolute Gasteiger partial charge is 0.289 e. The van der Waals surface area contributed by atoms with Crippen LogP contribution in [0.2, 0.25) is 0 Å². The number of carbonyl (C=O) groups is 1. The number of hydrogen-bond acceptors (Lipinski definition) is 1. The van der Waals surface area contributed by atoms with Gasteiger partial charge in [0, 0.05) is 5.56 Å². The van der Waals surface area contributed by atoms with Crippen molar-refractivity contribution in [1.29, 1.82) is 0 Å². The Kier molecular flexibility index (Phi) is 4.44. The summed E-state index contributed by atoms with van der Waals surface area (Å²) in [7, 11) is 0. The summed E-state index contributed by atoms with van der Waals surface area (Å²) in [6.07, 6.45) is 3.27. The second-order valence-electron chi connectivity index (χ2n) is 5.19. The molecule has 3 rings (SSSR count). The third-order valence-electron chi connectivity index (χ3n) is 3.57. The highest BCUT2D eigenvalue weighted by atomic mass is 19.1. The van der Waals surface area contributed by atoms with Crippen molar-refractivity contribution >= 4 is 11.9 Å². The molecule has 0 amide bonds. The fourth-order valence-electron chi connectivity index (χ4n) is 2.30. The zero-order valence-corrected chi connectivity index (χ0v) is 12.4. The van der Waals surface area contributed by atoms with Crippen molar-refractivity contribution in [2.24, 2.45) is 0 Å². The fourth-order valence-corrected chi connectivity index (χ4v) is 2.30. The second kappa shape index (κ2) is 6.84. The monoisotopic (exact) mass is 302 g/mol. The van der Waals surface area contributed by atoms with E-state index in [1.165, 1.54) is 30.3 Å². The van der Waals surface area contributed by atoms with Crippen LogP contribution in [0.1, 0.15) is 15.9 Å². The summed E-state index contributed by atoms with van der Waals surface area (Å²) in [5.41, 5.74) is 3.71. The van der Waals surface area contributed by atoms with E-state index in [1.807, 2.05) is 42.5 Å². The minimum atomic E-state index is -0.345. The summed E-state index contributed by atoms with van der Waals surface area (Å²) in [6.45, 7) is 0. The zero-order valence-electron chi connectivity index (χ0n) is 12.4. The second-order valence-corrected chi connectivity index (χ2v) is 5.19. The van der Waals surface area contributed by atoms with Gasteiger partial charge in [-0.3, -0.25) is 4.79 Å². The Morgan fingerprint density at radius 1 is 0.739 bits per heavy atom. The number of benzene rings is 3. The predicted octanol–water partition coefficient (Wildman–Crippen LogP) is 5.39. The quantitative estimate of drug-likeness (QED) is 0.466. The zero-order chi connectivity index (χ0) is 16.1. The molecule has 0 spiro atoms. The molecule has 0 bridgehead atoms. The van der Waals surface area contributed by atoms with Crippen LogP contribution in [0.3, 0.4) is 0 Å². The summed E-state index contributed by atoms with van der Waals surface area (Å²) >= 11 is 0. The van der Waals surface area contributed by atoms with Crippen LogP contribution >= 0.6 is 0 Å². The molecule has 0 aliphatic carbocycles. The number of allylic oxidation sites excluding steroid dienone is 1. The third kappa shape index (κ3) is 3.80. The molecule has 0 aromatic heterocycles. The van der Waals surface area contributed by atoms with E-state index in [-0.39, 0.29) is 11.6 Å². The molecule has 0 atom stereocenters. The Hall–Kier alpha value is -3.00. The molecule has 0 fully saturated rings. The van der Waals surface area contributed by atoms with E-state index in [4.69, 9.17) is 0 Å². The molecule has 23 heavy (non-hydrogen) atoms. The average Bonchev–Trinajstić information content (AvgIpc) is 2.61. The van der Waals surface area contributed by atoms with E-state index in [2.05, 4.69) is 12.1 Å². The van der Waals surface area contributed by atoms with Crippen LogP contribution in [0, 0.1) is 5.82 Å². The van der Waals surface area contributed by atoms with Gasteiger partial charge in [0.15, 0.2) is 5.78 Å². The molecule has 0 unspecified atom stereocenters. The molecular formula is C21H15FO. The number of carbonyl (C=O) groups excluding carboxylic acids is 1. The molecule has 112 valence electrons. The molecule has 0 saturated carbocycles. The number of halogens is 1. The highest BCUT2D eigenvalue weighted by Gasteiger charge is 2.01. The minimum Gasteiger partial charge on any atom is -0.289 e. The highest BCUT2D eigenvalue weighted by Crippen LogP contribution is 2.19. The van der Waals surface area contributed by atoms with Crippen molar-refractivity contribution in [2.75, 3.05) is 0 Å². The van der Waals surface area contributed by atoms with E-state index in [0.717, 1.165) is 16.7 Å². The van der Waals surface area contributed by atoms with Crippen molar-refractivity contribution in [3.05, 3.63) is 102 Å². The topological polar surface area (TPSA) is 17.1 Å². The number of rotatable bonds is 4. The molecule has 2 heteroatoms. The van der Waals surface area contributed by atoms with Crippen LogP contribution in [0.5, 0.6) is 0 Å². The van der Waals surface area contributed by atoms with Crippen LogP contribution in [0.15, 0.2) is 84.9 Å². The third-order valence-corrected chi connectivity index (χ3v) is 3.57. The minimum absolute atomic E-state index is 0.142. The van der Waals surface area contributed by atoms with Crippen molar-refractivity contribution in [2.45, 2.75) is 0 Å². The van der Waals surface area contributed by atoms with Crippen LogP contribution in [-0.2, 0) is 0 Å². The fraction of sp³-hybridized carbons (Fsp3) is 0. The van der Waals surface area contributed by atoms with Gasteiger partial charge in [-0.1, -0.05) is 60.7 Å². The normalized spacial score (nSPS) is 10.8. The van der Waals surface area contributed by atoms with E-state index in [1.54, 1.807) is 6.08 Å². The summed E-state index contributed by atoms with van der Waals surface area (Å²) in [4.78, 5) is 12.0. The predicted molar refractivity (Wildman–Crippen MR) is 91.6 cm³/mol. The molecule has 0 radical (unpaired) electrons. The average molecular weight is 302 g/mol. The molecular weight excluding hydrogens is 287 g/mol. The van der Waals surface area contributed by atoms with Gasteiger partial charge in [-0.2, -0.15) is 0 Å². The van der Waals surface area contributed by atoms with Gasteiger partial charge in [0.25, 0.3) is 0 Å².